The highest BCUT2D eigenvalue weighted by Gasteiger charge is 2.33. The van der Waals surface area contributed by atoms with Crippen LogP contribution in [0.1, 0.15) is 16.7 Å². The third-order valence-electron chi connectivity index (χ3n) is 3.92. The molecular formula is C19H13F3N2O3. The molecule has 0 bridgehead atoms. The predicted octanol–water partition coefficient (Wildman–Crippen LogP) is 4.11. The Bertz CT molecular complexity index is 975. The van der Waals surface area contributed by atoms with Gasteiger partial charge in [0.15, 0.2) is 18.1 Å². The van der Waals surface area contributed by atoms with Crippen molar-refractivity contribution in [3.8, 4) is 17.6 Å². The molecule has 0 saturated carbocycles. The van der Waals surface area contributed by atoms with Crippen LogP contribution in [0.25, 0.3) is 11.6 Å². The number of alkyl halides is 3. The van der Waals surface area contributed by atoms with Crippen LogP contribution < -0.4 is 14.8 Å². The molecule has 2 aromatic rings. The van der Waals surface area contributed by atoms with Gasteiger partial charge in [0.25, 0.3) is 5.91 Å². The van der Waals surface area contributed by atoms with Crippen molar-refractivity contribution in [3.63, 3.8) is 0 Å². The van der Waals surface area contributed by atoms with Crippen molar-refractivity contribution in [1.29, 1.82) is 5.26 Å². The normalized spacial score (nSPS) is 14.5. The molecule has 2 aromatic carbocycles. The number of amides is 1. The topological polar surface area (TPSA) is 71.3 Å². The van der Waals surface area contributed by atoms with E-state index in [4.69, 9.17) is 14.7 Å². The van der Waals surface area contributed by atoms with Gasteiger partial charge in [-0.15, -0.1) is 0 Å². The average molecular weight is 374 g/mol. The Morgan fingerprint density at radius 1 is 1.19 bits per heavy atom. The summed E-state index contributed by atoms with van der Waals surface area (Å²) in [6.07, 6.45) is -2.94. The number of benzene rings is 2. The van der Waals surface area contributed by atoms with Gasteiger partial charge in [0, 0.05) is 16.8 Å². The SMILES string of the molecule is COc1cc(/C=C2\C(=O)Nc3cc(C(F)(F)F)ccc32)ccc1OCC#N. The first-order valence-corrected chi connectivity index (χ1v) is 7.76. The van der Waals surface area contributed by atoms with Crippen LogP contribution in [-0.2, 0) is 11.0 Å². The van der Waals surface area contributed by atoms with Crippen LogP contribution in [0.15, 0.2) is 36.4 Å². The first-order valence-electron chi connectivity index (χ1n) is 7.76. The molecule has 0 aliphatic carbocycles. The average Bonchev–Trinajstić information content (AvgIpc) is 2.94. The van der Waals surface area contributed by atoms with Gasteiger partial charge < -0.3 is 14.8 Å². The molecule has 5 nitrogen and oxygen atoms in total. The van der Waals surface area contributed by atoms with Crippen LogP contribution in [0.5, 0.6) is 11.5 Å². The highest BCUT2D eigenvalue weighted by molar-refractivity contribution is 6.34. The van der Waals surface area contributed by atoms with E-state index in [0.717, 1.165) is 12.1 Å². The van der Waals surface area contributed by atoms with Gasteiger partial charge >= 0.3 is 6.18 Å². The zero-order valence-corrected chi connectivity index (χ0v) is 14.1. The smallest absolute Gasteiger partial charge is 0.416 e. The summed E-state index contributed by atoms with van der Waals surface area (Å²) in [6, 6.07) is 9.81. The molecule has 0 unspecified atom stereocenters. The molecule has 8 heteroatoms. The lowest BCUT2D eigenvalue weighted by Gasteiger charge is -2.09. The molecule has 1 aliphatic heterocycles. The number of fused-ring (bicyclic) bond motifs is 1. The Morgan fingerprint density at radius 2 is 1.96 bits per heavy atom. The Kier molecular flexibility index (Phi) is 4.77. The van der Waals surface area contributed by atoms with E-state index < -0.39 is 17.6 Å². The number of anilines is 1. The molecule has 0 saturated heterocycles. The minimum atomic E-state index is -4.49. The van der Waals surface area contributed by atoms with Crippen molar-refractivity contribution in [2.24, 2.45) is 0 Å². The molecule has 1 amide bonds. The Hall–Kier alpha value is -3.47. The van der Waals surface area contributed by atoms with Gasteiger partial charge in [0.1, 0.15) is 6.07 Å². The minimum Gasteiger partial charge on any atom is -0.493 e. The Balaban J connectivity index is 1.97. The number of methoxy groups -OCH3 is 1. The second-order valence-electron chi connectivity index (χ2n) is 5.63. The molecule has 27 heavy (non-hydrogen) atoms. The molecule has 1 aliphatic rings. The van der Waals surface area contributed by atoms with Crippen molar-refractivity contribution in [3.05, 3.63) is 53.1 Å². The van der Waals surface area contributed by atoms with Crippen LogP contribution in [0.2, 0.25) is 0 Å². The predicted molar refractivity (Wildman–Crippen MR) is 92.0 cm³/mol. The fourth-order valence-corrected chi connectivity index (χ4v) is 2.68. The molecular weight excluding hydrogens is 361 g/mol. The highest BCUT2D eigenvalue weighted by Crippen LogP contribution is 2.39. The van der Waals surface area contributed by atoms with Gasteiger partial charge in [0.05, 0.1) is 12.7 Å². The summed E-state index contributed by atoms with van der Waals surface area (Å²) in [7, 11) is 1.43. The van der Waals surface area contributed by atoms with Gasteiger partial charge in [-0.25, -0.2) is 0 Å². The number of nitrogens with one attached hydrogen (secondary N) is 1. The fraction of sp³-hybridized carbons (Fsp3) is 0.158. The van der Waals surface area contributed by atoms with Gasteiger partial charge in [0.2, 0.25) is 0 Å². The van der Waals surface area contributed by atoms with Crippen LogP contribution >= 0.6 is 0 Å². The van der Waals surface area contributed by atoms with Crippen molar-refractivity contribution >= 4 is 23.2 Å². The number of carbonyl (C=O) groups is 1. The number of carbonyl (C=O) groups excluding carboxylic acids is 1. The number of rotatable bonds is 4. The number of hydrogen-bond acceptors (Lipinski definition) is 4. The van der Waals surface area contributed by atoms with Crippen LogP contribution in [0, 0.1) is 11.3 Å². The van der Waals surface area contributed by atoms with Gasteiger partial charge in [-0.05, 0) is 35.9 Å². The highest BCUT2D eigenvalue weighted by atomic mass is 19.4. The first kappa shape index (κ1) is 18.3. The third kappa shape index (κ3) is 3.72. The summed E-state index contributed by atoms with van der Waals surface area (Å²) in [5, 5.41) is 11.0. The van der Waals surface area contributed by atoms with E-state index in [1.54, 1.807) is 24.3 Å². The van der Waals surface area contributed by atoms with Crippen molar-refractivity contribution in [2.45, 2.75) is 6.18 Å². The molecule has 0 radical (unpaired) electrons. The molecule has 0 atom stereocenters. The lowest BCUT2D eigenvalue weighted by molar-refractivity contribution is -0.137. The lowest BCUT2D eigenvalue weighted by Crippen LogP contribution is -2.06. The first-order chi connectivity index (χ1) is 12.8. The lowest BCUT2D eigenvalue weighted by atomic mass is 10.0. The summed E-state index contributed by atoms with van der Waals surface area (Å²) in [5.41, 5.74) is 0.503. The zero-order chi connectivity index (χ0) is 19.6. The zero-order valence-electron chi connectivity index (χ0n) is 14.1. The van der Waals surface area contributed by atoms with Crippen LogP contribution in [0.4, 0.5) is 18.9 Å². The van der Waals surface area contributed by atoms with E-state index >= 15 is 0 Å². The summed E-state index contributed by atoms with van der Waals surface area (Å²) in [4.78, 5) is 12.2. The summed E-state index contributed by atoms with van der Waals surface area (Å²) >= 11 is 0. The quantitative estimate of drug-likeness (QED) is 0.818. The number of nitrogens with zero attached hydrogens (tertiary/aromatic N) is 1. The van der Waals surface area contributed by atoms with Crippen molar-refractivity contribution in [2.75, 3.05) is 19.0 Å². The molecule has 0 aromatic heterocycles. The molecule has 1 heterocycles. The second-order valence-corrected chi connectivity index (χ2v) is 5.63. The maximum Gasteiger partial charge on any atom is 0.416 e. The van der Waals surface area contributed by atoms with Crippen LogP contribution in [-0.4, -0.2) is 19.6 Å². The monoisotopic (exact) mass is 374 g/mol. The van der Waals surface area contributed by atoms with Crippen molar-refractivity contribution < 1.29 is 27.4 Å². The van der Waals surface area contributed by atoms with E-state index in [-0.39, 0.29) is 17.9 Å². The number of ether oxygens (including phenoxy) is 2. The Morgan fingerprint density at radius 3 is 2.63 bits per heavy atom. The number of halogens is 3. The minimum absolute atomic E-state index is 0.113. The summed E-state index contributed by atoms with van der Waals surface area (Å²) in [6.45, 7) is -0.145. The van der Waals surface area contributed by atoms with Crippen LogP contribution in [0.3, 0.4) is 0 Å². The number of nitriles is 1. The standard InChI is InChI=1S/C19H13F3N2O3/c1-26-17-9-11(2-5-16(17)27-7-6-23)8-14-13-4-3-12(19(20,21)22)10-15(13)24-18(14)25/h2-5,8-10H,7H2,1H3,(H,24,25)/b14-8-. The molecule has 138 valence electrons. The second kappa shape index (κ2) is 7.03. The van der Waals surface area contributed by atoms with Gasteiger partial charge in [-0.1, -0.05) is 12.1 Å². The molecule has 0 fully saturated rings. The maximum absolute atomic E-state index is 12.8. The Labute approximate surface area is 152 Å². The largest absolute Gasteiger partial charge is 0.493 e. The molecule has 0 spiro atoms. The summed E-state index contributed by atoms with van der Waals surface area (Å²) in [5.74, 6) is 0.242. The fourth-order valence-electron chi connectivity index (χ4n) is 2.68. The van der Waals surface area contributed by atoms with E-state index in [1.807, 2.05) is 6.07 Å². The molecule has 1 N–H and O–H groups in total. The summed E-state index contributed by atoms with van der Waals surface area (Å²) < 4.78 is 48.9. The van der Waals surface area contributed by atoms with Gasteiger partial charge in [-0.2, -0.15) is 18.4 Å². The van der Waals surface area contributed by atoms with E-state index in [2.05, 4.69) is 5.32 Å². The van der Waals surface area contributed by atoms with E-state index in [0.29, 0.717) is 22.6 Å². The molecule has 3 rings (SSSR count). The third-order valence-corrected chi connectivity index (χ3v) is 3.92. The van der Waals surface area contributed by atoms with Gasteiger partial charge in [-0.3, -0.25) is 4.79 Å². The van der Waals surface area contributed by atoms with E-state index in [9.17, 15) is 18.0 Å². The number of hydrogen-bond donors (Lipinski definition) is 1. The maximum atomic E-state index is 12.8. The van der Waals surface area contributed by atoms with E-state index in [1.165, 1.54) is 13.2 Å². The van der Waals surface area contributed by atoms with Crippen molar-refractivity contribution in [1.82, 2.24) is 0 Å².